The molecule has 3 N–H and O–H groups in total. The predicted octanol–water partition coefficient (Wildman–Crippen LogP) is 0.764. The fourth-order valence-corrected chi connectivity index (χ4v) is 2.93. The van der Waals surface area contributed by atoms with Gasteiger partial charge in [0.1, 0.15) is 0 Å². The summed E-state index contributed by atoms with van der Waals surface area (Å²) in [5.41, 5.74) is 5.95. The van der Waals surface area contributed by atoms with E-state index < -0.39 is 0 Å². The molecule has 1 aromatic rings. The zero-order valence-electron chi connectivity index (χ0n) is 13.3. The maximum Gasteiger partial charge on any atom is 0.254 e. The van der Waals surface area contributed by atoms with Crippen molar-refractivity contribution in [3.05, 3.63) is 23.8 Å². The van der Waals surface area contributed by atoms with Crippen molar-refractivity contribution >= 4 is 24.2 Å². The Hall–Kier alpha value is -1.99. The molecule has 0 bridgehead atoms. The normalized spacial score (nSPS) is 18.7. The minimum atomic E-state index is -0.173. The van der Waals surface area contributed by atoms with E-state index in [1.165, 1.54) is 0 Å². The lowest BCUT2D eigenvalue weighted by molar-refractivity contribution is -0.126. The number of likely N-dealkylation sites (tertiary alicyclic amines) is 1. The van der Waals surface area contributed by atoms with Gasteiger partial charge in [-0.15, -0.1) is 12.4 Å². The number of piperidine rings is 1. The van der Waals surface area contributed by atoms with Gasteiger partial charge in [0, 0.05) is 31.7 Å². The number of hydrogen-bond donors (Lipinski definition) is 2. The second-order valence-electron chi connectivity index (χ2n) is 5.74. The molecule has 8 heteroatoms. The Morgan fingerprint density at radius 2 is 2.08 bits per heavy atom. The van der Waals surface area contributed by atoms with Gasteiger partial charge in [0.05, 0.1) is 5.92 Å². The first kappa shape index (κ1) is 18.4. The molecule has 7 nitrogen and oxygen atoms in total. The molecule has 132 valence electrons. The molecule has 0 saturated carbocycles. The van der Waals surface area contributed by atoms with Crippen LogP contribution in [0.1, 0.15) is 23.2 Å². The molecule has 0 radical (unpaired) electrons. The molecule has 24 heavy (non-hydrogen) atoms. The Labute approximate surface area is 146 Å². The number of rotatable bonds is 4. The lowest BCUT2D eigenvalue weighted by Gasteiger charge is -2.32. The van der Waals surface area contributed by atoms with Crippen molar-refractivity contribution in [2.45, 2.75) is 12.8 Å². The van der Waals surface area contributed by atoms with Gasteiger partial charge in [-0.25, -0.2) is 0 Å². The highest BCUT2D eigenvalue weighted by atomic mass is 35.5. The van der Waals surface area contributed by atoms with Crippen LogP contribution in [0.3, 0.4) is 0 Å². The molecule has 0 spiro atoms. The first-order chi connectivity index (χ1) is 11.2. The van der Waals surface area contributed by atoms with Crippen LogP contribution in [0.5, 0.6) is 11.5 Å². The highest BCUT2D eigenvalue weighted by Crippen LogP contribution is 2.33. The zero-order valence-corrected chi connectivity index (χ0v) is 14.1. The molecule has 1 unspecified atom stereocenters. The predicted molar refractivity (Wildman–Crippen MR) is 90.5 cm³/mol. The van der Waals surface area contributed by atoms with Crippen LogP contribution in [-0.4, -0.2) is 49.7 Å². The molecule has 1 atom stereocenters. The summed E-state index contributed by atoms with van der Waals surface area (Å²) in [5.74, 6) is 0.954. The molecular formula is C16H22ClN3O4. The van der Waals surface area contributed by atoms with Crippen LogP contribution in [0.2, 0.25) is 0 Å². The molecule has 2 amide bonds. The van der Waals surface area contributed by atoms with Gasteiger partial charge in [-0.1, -0.05) is 0 Å². The Bertz CT molecular complexity index is 611. The second kappa shape index (κ2) is 8.21. The van der Waals surface area contributed by atoms with Crippen LogP contribution >= 0.6 is 12.4 Å². The van der Waals surface area contributed by atoms with Crippen LogP contribution in [0.15, 0.2) is 18.2 Å². The van der Waals surface area contributed by atoms with E-state index in [1.54, 1.807) is 23.1 Å². The average Bonchev–Trinajstić information content (AvgIpc) is 3.06. The lowest BCUT2D eigenvalue weighted by atomic mass is 9.96. The number of halogens is 1. The summed E-state index contributed by atoms with van der Waals surface area (Å²) in [6.45, 7) is 2.15. The third kappa shape index (κ3) is 3.91. The third-order valence-corrected chi connectivity index (χ3v) is 4.14. The molecule has 1 saturated heterocycles. The van der Waals surface area contributed by atoms with Crippen LogP contribution in [0.25, 0.3) is 0 Å². The number of carbonyl (C=O) groups excluding carboxylic acids is 2. The van der Waals surface area contributed by atoms with Crippen molar-refractivity contribution in [2.24, 2.45) is 11.7 Å². The number of ether oxygens (including phenoxy) is 2. The molecule has 3 rings (SSSR count). The van der Waals surface area contributed by atoms with Crippen LogP contribution in [0.4, 0.5) is 0 Å². The van der Waals surface area contributed by atoms with Gasteiger partial charge in [-0.2, -0.15) is 0 Å². The van der Waals surface area contributed by atoms with Crippen molar-refractivity contribution in [1.29, 1.82) is 0 Å². The summed E-state index contributed by atoms with van der Waals surface area (Å²) in [6.07, 6.45) is 1.61. The van der Waals surface area contributed by atoms with E-state index in [4.69, 9.17) is 15.2 Å². The molecule has 0 aliphatic carbocycles. The number of fused-ring (bicyclic) bond motifs is 1. The van der Waals surface area contributed by atoms with Gasteiger partial charge in [-0.3, -0.25) is 9.59 Å². The fraction of sp³-hybridized carbons (Fsp3) is 0.500. The quantitative estimate of drug-likeness (QED) is 0.831. The summed E-state index contributed by atoms with van der Waals surface area (Å²) in [4.78, 5) is 26.5. The SMILES string of the molecule is Cl.NCCNC(=O)C1CCCN(C(=O)c2ccc3c(c2)OCO3)C1. The molecule has 1 fully saturated rings. The summed E-state index contributed by atoms with van der Waals surface area (Å²) >= 11 is 0. The largest absolute Gasteiger partial charge is 0.454 e. The molecule has 1 aromatic carbocycles. The topological polar surface area (TPSA) is 93.9 Å². The van der Waals surface area contributed by atoms with Crippen molar-refractivity contribution < 1.29 is 19.1 Å². The molecule has 2 aliphatic heterocycles. The smallest absolute Gasteiger partial charge is 0.254 e. The van der Waals surface area contributed by atoms with E-state index in [-0.39, 0.29) is 36.9 Å². The number of amides is 2. The van der Waals surface area contributed by atoms with E-state index >= 15 is 0 Å². The first-order valence-electron chi connectivity index (χ1n) is 7.85. The minimum Gasteiger partial charge on any atom is -0.454 e. The van der Waals surface area contributed by atoms with Gasteiger partial charge in [0.25, 0.3) is 5.91 Å². The number of carbonyl (C=O) groups is 2. The Kier molecular flexibility index (Phi) is 6.28. The van der Waals surface area contributed by atoms with Crippen molar-refractivity contribution in [3.63, 3.8) is 0 Å². The number of nitrogens with one attached hydrogen (secondary N) is 1. The Morgan fingerprint density at radius 3 is 2.88 bits per heavy atom. The molecule has 0 aromatic heterocycles. The van der Waals surface area contributed by atoms with Crippen LogP contribution in [0, 0.1) is 5.92 Å². The average molecular weight is 356 g/mol. The zero-order chi connectivity index (χ0) is 16.2. The van der Waals surface area contributed by atoms with Crippen LogP contribution < -0.4 is 20.5 Å². The Balaban J connectivity index is 0.00000208. The van der Waals surface area contributed by atoms with Crippen molar-refractivity contribution in [1.82, 2.24) is 10.2 Å². The van der Waals surface area contributed by atoms with Gasteiger partial charge >= 0.3 is 0 Å². The number of nitrogens with zero attached hydrogens (tertiary/aromatic N) is 1. The van der Waals surface area contributed by atoms with E-state index in [0.717, 1.165) is 12.8 Å². The molecule has 2 aliphatic rings. The maximum atomic E-state index is 12.7. The fourth-order valence-electron chi connectivity index (χ4n) is 2.93. The molecule has 2 heterocycles. The molecular weight excluding hydrogens is 334 g/mol. The number of nitrogens with two attached hydrogens (primary N) is 1. The van der Waals surface area contributed by atoms with E-state index in [9.17, 15) is 9.59 Å². The third-order valence-electron chi connectivity index (χ3n) is 4.14. The van der Waals surface area contributed by atoms with E-state index in [2.05, 4.69) is 5.32 Å². The van der Waals surface area contributed by atoms with E-state index in [0.29, 0.717) is 43.2 Å². The van der Waals surface area contributed by atoms with Crippen LogP contribution in [-0.2, 0) is 4.79 Å². The highest BCUT2D eigenvalue weighted by Gasteiger charge is 2.29. The van der Waals surface area contributed by atoms with Gasteiger partial charge in [-0.05, 0) is 31.0 Å². The monoisotopic (exact) mass is 355 g/mol. The standard InChI is InChI=1S/C16H21N3O4.ClH/c17-5-6-18-15(20)12-2-1-7-19(9-12)16(21)11-3-4-13-14(8-11)23-10-22-13;/h3-4,8,12H,1-2,5-7,9-10,17H2,(H,18,20);1H. The summed E-state index contributed by atoms with van der Waals surface area (Å²) < 4.78 is 10.6. The van der Waals surface area contributed by atoms with Gasteiger partial charge in [0.2, 0.25) is 12.7 Å². The minimum absolute atomic E-state index is 0. The maximum absolute atomic E-state index is 12.7. The number of hydrogen-bond acceptors (Lipinski definition) is 5. The Morgan fingerprint density at radius 1 is 1.29 bits per heavy atom. The summed E-state index contributed by atoms with van der Waals surface area (Å²) in [7, 11) is 0. The first-order valence-corrected chi connectivity index (χ1v) is 7.85. The second-order valence-corrected chi connectivity index (χ2v) is 5.74. The highest BCUT2D eigenvalue weighted by molar-refractivity contribution is 5.95. The van der Waals surface area contributed by atoms with Crippen molar-refractivity contribution in [2.75, 3.05) is 33.0 Å². The van der Waals surface area contributed by atoms with Gasteiger partial charge in [0.15, 0.2) is 11.5 Å². The number of benzene rings is 1. The van der Waals surface area contributed by atoms with Crippen molar-refractivity contribution in [3.8, 4) is 11.5 Å². The van der Waals surface area contributed by atoms with Gasteiger partial charge < -0.3 is 25.4 Å². The summed E-state index contributed by atoms with van der Waals surface area (Å²) in [6, 6.07) is 5.17. The lowest BCUT2D eigenvalue weighted by Crippen LogP contribution is -2.46. The van der Waals surface area contributed by atoms with E-state index in [1.807, 2.05) is 0 Å². The summed E-state index contributed by atoms with van der Waals surface area (Å²) in [5, 5.41) is 2.80.